The van der Waals surface area contributed by atoms with Crippen LogP contribution >= 0.6 is 11.8 Å². The van der Waals surface area contributed by atoms with Gasteiger partial charge in [-0.15, -0.1) is 11.8 Å². The second kappa shape index (κ2) is 8.89. The number of thioether (sulfide) groups is 1. The third-order valence-corrected chi connectivity index (χ3v) is 7.88. The number of fused-ring (bicyclic) bond motifs is 1. The van der Waals surface area contributed by atoms with Crippen molar-refractivity contribution in [2.75, 3.05) is 13.1 Å². The Morgan fingerprint density at radius 3 is 2.44 bits per heavy atom. The number of imide groups is 1. The van der Waals surface area contributed by atoms with Crippen molar-refractivity contribution in [2.45, 2.75) is 41.7 Å². The second-order valence-corrected chi connectivity index (χ2v) is 10.7. The molecule has 3 aliphatic rings. The predicted octanol–water partition coefficient (Wildman–Crippen LogP) is -1.13. The third kappa shape index (κ3) is 3.94. The summed E-state index contributed by atoms with van der Waals surface area (Å²) in [6, 6.07) is 1.15. The summed E-state index contributed by atoms with van der Waals surface area (Å²) in [6.45, 7) is 3.58. The lowest BCUT2D eigenvalue weighted by Crippen LogP contribution is -2.85. The number of β-lactam (4-membered cyclic amide) rings is 1. The second-order valence-electron chi connectivity index (χ2n) is 8.94. The van der Waals surface area contributed by atoms with E-state index in [1.165, 1.54) is 24.3 Å². The van der Waals surface area contributed by atoms with Crippen LogP contribution in [-0.4, -0.2) is 91.2 Å². The number of carbonyl (C=O) groups excluding carboxylic acids is 5. The van der Waals surface area contributed by atoms with E-state index in [-0.39, 0.29) is 30.8 Å². The molecule has 3 heterocycles. The van der Waals surface area contributed by atoms with Crippen molar-refractivity contribution in [3.63, 3.8) is 0 Å². The van der Waals surface area contributed by atoms with E-state index in [1.54, 1.807) is 13.8 Å². The highest BCUT2D eigenvalue weighted by Crippen LogP contribution is 2.54. The van der Waals surface area contributed by atoms with Crippen molar-refractivity contribution in [1.29, 1.82) is 0 Å². The van der Waals surface area contributed by atoms with Gasteiger partial charge in [-0.25, -0.2) is 19.3 Å². The number of urea groups is 2. The number of rotatable bonds is 7. The molecule has 0 saturated carbocycles. The molecule has 192 valence electrons. The summed E-state index contributed by atoms with van der Waals surface area (Å²) in [4.78, 5) is 76.6. The topological polar surface area (TPSA) is 197 Å². The first kappa shape index (κ1) is 25.1. The zero-order valence-electron chi connectivity index (χ0n) is 19.2. The number of nitrogens with zero attached hydrogens (tertiary/aromatic N) is 2. The Kier molecular flexibility index (Phi) is 6.20. The highest BCUT2D eigenvalue weighted by Gasteiger charge is 2.72. The zero-order valence-corrected chi connectivity index (χ0v) is 20.0. The molecule has 1 unspecified atom stereocenters. The highest BCUT2D eigenvalue weighted by molar-refractivity contribution is 8.01. The summed E-state index contributed by atoms with van der Waals surface area (Å²) in [5.74, 6) is -3.06. The maximum atomic E-state index is 13.5. The number of benzene rings is 1. The molecule has 4 atom stereocenters. The molecule has 4 rings (SSSR count). The van der Waals surface area contributed by atoms with Crippen LogP contribution in [0.1, 0.15) is 25.5 Å². The van der Waals surface area contributed by atoms with E-state index in [9.17, 15) is 39.0 Å². The van der Waals surface area contributed by atoms with E-state index in [2.05, 4.69) is 21.3 Å². The Labute approximate surface area is 208 Å². The van der Waals surface area contributed by atoms with Crippen molar-refractivity contribution in [1.82, 2.24) is 31.1 Å². The number of aliphatic carboxylic acids is 1. The van der Waals surface area contributed by atoms with Gasteiger partial charge in [-0.3, -0.25) is 14.4 Å². The van der Waals surface area contributed by atoms with Crippen molar-refractivity contribution in [3.8, 4) is 5.75 Å². The van der Waals surface area contributed by atoms with Crippen LogP contribution in [0.5, 0.6) is 5.75 Å². The minimum Gasteiger partial charge on any atom is -0.508 e. The molecule has 0 aliphatic carbocycles. The quantitative estimate of drug-likeness (QED) is 0.146. The Hall–Kier alpha value is -4.01. The molecule has 14 nitrogen and oxygen atoms in total. The van der Waals surface area contributed by atoms with Gasteiger partial charge in [0.05, 0.1) is 0 Å². The van der Waals surface area contributed by atoms with Crippen LogP contribution in [0.2, 0.25) is 0 Å². The molecule has 0 bridgehead atoms. The molecule has 1 aromatic carbocycles. The van der Waals surface area contributed by atoms with Crippen molar-refractivity contribution in [2.24, 2.45) is 0 Å². The smallest absolute Gasteiger partial charge is 0.327 e. The molecule has 3 aliphatic heterocycles. The van der Waals surface area contributed by atoms with Gasteiger partial charge in [0, 0.05) is 17.8 Å². The van der Waals surface area contributed by atoms with Crippen LogP contribution in [0.15, 0.2) is 24.3 Å². The first-order chi connectivity index (χ1) is 16.9. The van der Waals surface area contributed by atoms with Gasteiger partial charge in [-0.1, -0.05) is 12.1 Å². The summed E-state index contributed by atoms with van der Waals surface area (Å²) >= 11 is 1.10. The van der Waals surface area contributed by atoms with Crippen LogP contribution in [0, 0.1) is 0 Å². The molecule has 36 heavy (non-hydrogen) atoms. The predicted molar refractivity (Wildman–Crippen MR) is 123 cm³/mol. The number of carboxylic acids is 1. The molecule has 6 N–H and O–H groups in total. The minimum atomic E-state index is -1.96. The molecular weight excluding hydrogens is 496 g/mol. The van der Waals surface area contributed by atoms with Crippen LogP contribution < -0.4 is 21.3 Å². The van der Waals surface area contributed by atoms with Gasteiger partial charge < -0.3 is 36.4 Å². The summed E-state index contributed by atoms with van der Waals surface area (Å²) in [5.41, 5.74) is -1.75. The number of hydrogen-bond donors (Lipinski definition) is 6. The lowest BCUT2D eigenvalue weighted by atomic mass is 9.91. The van der Waals surface area contributed by atoms with E-state index in [4.69, 9.17) is 0 Å². The first-order valence-electron chi connectivity index (χ1n) is 10.8. The molecule has 1 aromatic rings. The Morgan fingerprint density at radius 2 is 1.89 bits per heavy atom. The van der Waals surface area contributed by atoms with Crippen molar-refractivity contribution < 1.29 is 39.0 Å². The maximum Gasteiger partial charge on any atom is 0.327 e. The molecule has 0 spiro atoms. The highest BCUT2D eigenvalue weighted by atomic mass is 32.2. The van der Waals surface area contributed by atoms with Crippen LogP contribution in [0.4, 0.5) is 9.59 Å². The van der Waals surface area contributed by atoms with Crippen molar-refractivity contribution >= 4 is 48.0 Å². The molecule has 0 radical (unpaired) electrons. The van der Waals surface area contributed by atoms with Crippen LogP contribution in [-0.2, 0) is 19.2 Å². The number of hydrogen-bond acceptors (Lipinski definition) is 8. The average Bonchev–Trinajstić information content (AvgIpc) is 3.36. The number of aromatic hydroxyl groups is 1. The van der Waals surface area contributed by atoms with Gasteiger partial charge in [0.25, 0.3) is 5.91 Å². The molecule has 3 fully saturated rings. The molecule has 15 heteroatoms. The fourth-order valence-corrected chi connectivity index (χ4v) is 6.19. The lowest BCUT2D eigenvalue weighted by Gasteiger charge is -2.52. The first-order valence-corrected chi connectivity index (χ1v) is 11.7. The maximum absolute atomic E-state index is 13.5. The summed E-state index contributed by atoms with van der Waals surface area (Å²) in [6.07, 6.45) is 0.222. The van der Waals surface area contributed by atoms with Gasteiger partial charge in [0.1, 0.15) is 23.2 Å². The molecule has 0 aromatic heterocycles. The number of nitrogens with one attached hydrogen (secondary N) is 4. The summed E-state index contributed by atoms with van der Waals surface area (Å²) < 4.78 is -0.934. The van der Waals surface area contributed by atoms with E-state index in [1.807, 2.05) is 0 Å². The third-order valence-electron chi connectivity index (χ3n) is 6.25. The SMILES string of the molecule is CC1(C)S[C@H]2N(C(=O)[C@@]2(NC=O)NC(=O)C(NC(=O)N2CCNC2=O)c2ccc(O)cc2)[C@H]1C(=O)O. The average molecular weight is 521 g/mol. The summed E-state index contributed by atoms with van der Waals surface area (Å²) in [7, 11) is 0. The Balaban J connectivity index is 1.64. The monoisotopic (exact) mass is 520 g/mol. The van der Waals surface area contributed by atoms with Crippen LogP contribution in [0.3, 0.4) is 0 Å². The molecule has 7 amide bonds. The molecule has 3 saturated heterocycles. The standard InChI is InChI=1S/C21H24N6O8S/c1-20(2)13(15(31)32)27-16(33)21(23-9-28,17(27)36-20)25-14(30)12(10-3-5-11(29)6-4-10)24-19(35)26-8-7-22-18(26)34/h3-6,9,12-13,17,29H,7-8H2,1-2H3,(H,22,34)(H,23,28)(H,24,35)(H,25,30)(H,31,32)/t12?,13-,17+,21+/m0/s1. The van der Waals surface area contributed by atoms with E-state index < -0.39 is 57.7 Å². The lowest BCUT2D eigenvalue weighted by molar-refractivity contribution is -0.172. The minimum absolute atomic E-state index is 0.0725. The number of amides is 7. The number of phenolic OH excluding ortho intramolecular Hbond substituents is 1. The Bertz CT molecular complexity index is 1140. The zero-order chi connectivity index (χ0) is 26.4. The Morgan fingerprint density at radius 1 is 1.22 bits per heavy atom. The van der Waals surface area contributed by atoms with Gasteiger partial charge >= 0.3 is 18.0 Å². The van der Waals surface area contributed by atoms with Gasteiger partial charge in [0.2, 0.25) is 18.0 Å². The fraction of sp³-hybridized carbons (Fsp3) is 0.429. The van der Waals surface area contributed by atoms with Gasteiger partial charge in [-0.2, -0.15) is 0 Å². The van der Waals surface area contributed by atoms with E-state index in [0.717, 1.165) is 21.6 Å². The largest absolute Gasteiger partial charge is 0.508 e. The van der Waals surface area contributed by atoms with Gasteiger partial charge in [-0.05, 0) is 31.5 Å². The molecular formula is C21H24N6O8S. The van der Waals surface area contributed by atoms with Crippen molar-refractivity contribution in [3.05, 3.63) is 29.8 Å². The normalized spacial score (nSPS) is 26.8. The number of phenols is 1. The number of carboxylic acid groups (broad SMARTS) is 1. The van der Waals surface area contributed by atoms with Gasteiger partial charge in [0.15, 0.2) is 0 Å². The van der Waals surface area contributed by atoms with E-state index >= 15 is 0 Å². The van der Waals surface area contributed by atoms with E-state index in [0.29, 0.717) is 0 Å². The fourth-order valence-electron chi connectivity index (χ4n) is 4.54. The van der Waals surface area contributed by atoms with Crippen LogP contribution in [0.25, 0.3) is 0 Å². The summed E-state index contributed by atoms with van der Waals surface area (Å²) in [5, 5.41) is 28.1. The number of carbonyl (C=O) groups is 6.